The van der Waals surface area contributed by atoms with Gasteiger partial charge in [-0.15, -0.1) is 11.3 Å². The number of nitrogens with zero attached hydrogens (tertiary/aromatic N) is 2. The van der Waals surface area contributed by atoms with Gasteiger partial charge in [-0.1, -0.05) is 23.7 Å². The fourth-order valence-corrected chi connectivity index (χ4v) is 3.89. The Bertz CT molecular complexity index is 570. The first-order valence-electron chi connectivity index (χ1n) is 7.26. The van der Waals surface area contributed by atoms with Crippen LogP contribution in [0.1, 0.15) is 36.0 Å². The molecule has 1 saturated heterocycles. The maximum Gasteiger partial charge on any atom is 0.109 e. The summed E-state index contributed by atoms with van der Waals surface area (Å²) >= 11 is 7.72. The summed E-state index contributed by atoms with van der Waals surface area (Å²) in [5, 5.41) is 7.72. The van der Waals surface area contributed by atoms with Crippen molar-refractivity contribution in [2.75, 3.05) is 13.6 Å². The number of nitrogens with one attached hydrogen (secondary N) is 1. The van der Waals surface area contributed by atoms with Gasteiger partial charge in [0.15, 0.2) is 0 Å². The smallest absolute Gasteiger partial charge is 0.109 e. The molecule has 3 rings (SSSR count). The minimum atomic E-state index is 0.288. The minimum absolute atomic E-state index is 0.288. The largest absolute Gasteiger partial charge is 0.303 e. The number of aromatic nitrogens is 1. The van der Waals surface area contributed by atoms with Crippen molar-refractivity contribution in [2.24, 2.45) is 0 Å². The Kier molecular flexibility index (Phi) is 4.60. The lowest BCUT2D eigenvalue weighted by molar-refractivity contribution is 0.278. The summed E-state index contributed by atoms with van der Waals surface area (Å²) in [6.07, 6.45) is 3.02. The van der Waals surface area contributed by atoms with Gasteiger partial charge >= 0.3 is 0 Å². The summed E-state index contributed by atoms with van der Waals surface area (Å²) in [6.45, 7) is 3.30. The number of halogens is 1. The average molecular weight is 322 g/mol. The van der Waals surface area contributed by atoms with Crippen molar-refractivity contribution in [3.05, 3.63) is 51.4 Å². The van der Waals surface area contributed by atoms with Crippen LogP contribution in [0.2, 0.25) is 5.02 Å². The second kappa shape index (κ2) is 6.44. The third kappa shape index (κ3) is 3.29. The van der Waals surface area contributed by atoms with Crippen LogP contribution in [0.25, 0.3) is 0 Å². The van der Waals surface area contributed by atoms with Gasteiger partial charge in [-0.3, -0.25) is 4.90 Å². The highest BCUT2D eigenvalue weighted by Gasteiger charge is 2.33. The number of thiazole rings is 1. The Labute approximate surface area is 135 Å². The fraction of sp³-hybridized carbons (Fsp3) is 0.438. The molecule has 21 heavy (non-hydrogen) atoms. The molecular weight excluding hydrogens is 302 g/mol. The second-order valence-electron chi connectivity index (χ2n) is 5.63. The highest BCUT2D eigenvalue weighted by molar-refractivity contribution is 7.09. The monoisotopic (exact) mass is 321 g/mol. The first kappa shape index (κ1) is 15.0. The lowest BCUT2D eigenvalue weighted by Gasteiger charge is -2.28. The van der Waals surface area contributed by atoms with E-state index in [1.807, 2.05) is 23.7 Å². The van der Waals surface area contributed by atoms with Crippen LogP contribution in [0.4, 0.5) is 0 Å². The Morgan fingerprint density at radius 3 is 2.81 bits per heavy atom. The normalized spacial score (nSPS) is 24.3. The van der Waals surface area contributed by atoms with Gasteiger partial charge in [-0.05, 0) is 38.1 Å². The first-order chi connectivity index (χ1) is 10.1. The summed E-state index contributed by atoms with van der Waals surface area (Å²) in [5.41, 5.74) is 1.32. The van der Waals surface area contributed by atoms with Crippen molar-refractivity contribution in [1.29, 1.82) is 0 Å². The van der Waals surface area contributed by atoms with Gasteiger partial charge < -0.3 is 5.32 Å². The van der Waals surface area contributed by atoms with E-state index >= 15 is 0 Å². The van der Waals surface area contributed by atoms with E-state index in [2.05, 4.69) is 41.3 Å². The second-order valence-corrected chi connectivity index (χ2v) is 6.99. The molecular formula is C16H20ClN3S. The summed E-state index contributed by atoms with van der Waals surface area (Å²) in [6, 6.07) is 9.35. The molecule has 112 valence electrons. The van der Waals surface area contributed by atoms with Crippen LogP contribution in [-0.4, -0.2) is 29.5 Å². The highest BCUT2D eigenvalue weighted by Crippen LogP contribution is 2.33. The van der Waals surface area contributed by atoms with Crippen LogP contribution in [0.15, 0.2) is 35.8 Å². The van der Waals surface area contributed by atoms with Crippen molar-refractivity contribution >= 4 is 22.9 Å². The SMILES string of the molecule is C[C@H](N[C@H]1CCN(C)[C@H]1c1ccc(Cl)cc1)c1nccs1. The van der Waals surface area contributed by atoms with Gasteiger partial charge in [0.1, 0.15) is 5.01 Å². The van der Waals surface area contributed by atoms with Crippen LogP contribution < -0.4 is 5.32 Å². The Morgan fingerprint density at radius 1 is 1.38 bits per heavy atom. The third-order valence-corrected chi connectivity index (χ3v) is 5.36. The molecule has 0 amide bonds. The molecule has 0 unspecified atom stereocenters. The number of benzene rings is 1. The molecule has 2 aromatic rings. The molecule has 1 aliphatic rings. The standard InChI is InChI=1S/C16H20ClN3S/c1-11(16-18-8-10-21-16)19-14-7-9-20(2)15(14)12-3-5-13(17)6-4-12/h3-6,8,10-11,14-15,19H,7,9H2,1-2H3/t11-,14-,15-/m0/s1. The van der Waals surface area contributed by atoms with Crippen LogP contribution in [0, 0.1) is 0 Å². The predicted molar refractivity (Wildman–Crippen MR) is 88.9 cm³/mol. The number of likely N-dealkylation sites (N-methyl/N-ethyl adjacent to an activating group) is 1. The van der Waals surface area contributed by atoms with Crippen molar-refractivity contribution in [2.45, 2.75) is 31.5 Å². The summed E-state index contributed by atoms with van der Waals surface area (Å²) in [4.78, 5) is 6.82. The molecule has 1 N–H and O–H groups in total. The van der Waals surface area contributed by atoms with Crippen LogP contribution in [-0.2, 0) is 0 Å². The quantitative estimate of drug-likeness (QED) is 0.926. The molecule has 2 heterocycles. The molecule has 5 heteroatoms. The molecule has 1 aromatic carbocycles. The molecule has 1 aliphatic heterocycles. The van der Waals surface area contributed by atoms with E-state index < -0.39 is 0 Å². The van der Waals surface area contributed by atoms with Gasteiger partial charge in [0, 0.05) is 35.2 Å². The van der Waals surface area contributed by atoms with E-state index in [0.717, 1.165) is 23.0 Å². The molecule has 1 fully saturated rings. The van der Waals surface area contributed by atoms with Gasteiger partial charge in [-0.25, -0.2) is 4.98 Å². The number of hydrogen-bond donors (Lipinski definition) is 1. The van der Waals surface area contributed by atoms with Crippen molar-refractivity contribution in [3.63, 3.8) is 0 Å². The lowest BCUT2D eigenvalue weighted by Crippen LogP contribution is -2.36. The molecule has 0 bridgehead atoms. The number of hydrogen-bond acceptors (Lipinski definition) is 4. The molecule has 0 aliphatic carbocycles. The number of rotatable bonds is 4. The summed E-state index contributed by atoms with van der Waals surface area (Å²) in [7, 11) is 2.19. The van der Waals surface area contributed by atoms with Gasteiger partial charge in [-0.2, -0.15) is 0 Å². The Morgan fingerprint density at radius 2 is 2.14 bits per heavy atom. The highest BCUT2D eigenvalue weighted by atomic mass is 35.5. The van der Waals surface area contributed by atoms with Gasteiger partial charge in [0.05, 0.1) is 6.04 Å². The first-order valence-corrected chi connectivity index (χ1v) is 8.52. The molecule has 3 nitrogen and oxygen atoms in total. The Hall–Kier alpha value is -0.940. The lowest BCUT2D eigenvalue weighted by atomic mass is 9.99. The van der Waals surface area contributed by atoms with Crippen molar-refractivity contribution < 1.29 is 0 Å². The molecule has 3 atom stereocenters. The maximum atomic E-state index is 6.01. The molecule has 0 saturated carbocycles. The average Bonchev–Trinajstić information content (AvgIpc) is 3.11. The van der Waals surface area contributed by atoms with E-state index in [1.54, 1.807) is 11.3 Å². The third-order valence-electron chi connectivity index (χ3n) is 4.15. The van der Waals surface area contributed by atoms with Crippen molar-refractivity contribution in [3.8, 4) is 0 Å². The zero-order chi connectivity index (χ0) is 14.8. The molecule has 1 aromatic heterocycles. The summed E-state index contributed by atoms with van der Waals surface area (Å²) in [5.74, 6) is 0. The van der Waals surface area contributed by atoms with Gasteiger partial charge in [0.25, 0.3) is 0 Å². The maximum absolute atomic E-state index is 6.01. The summed E-state index contributed by atoms with van der Waals surface area (Å²) < 4.78 is 0. The Balaban J connectivity index is 1.76. The van der Waals surface area contributed by atoms with E-state index in [1.165, 1.54) is 5.56 Å². The van der Waals surface area contributed by atoms with E-state index in [-0.39, 0.29) is 6.04 Å². The van der Waals surface area contributed by atoms with Crippen LogP contribution in [0.3, 0.4) is 0 Å². The van der Waals surface area contributed by atoms with E-state index in [4.69, 9.17) is 11.6 Å². The van der Waals surface area contributed by atoms with Crippen LogP contribution >= 0.6 is 22.9 Å². The van der Waals surface area contributed by atoms with Crippen molar-refractivity contribution in [1.82, 2.24) is 15.2 Å². The van der Waals surface area contributed by atoms with E-state index in [0.29, 0.717) is 12.1 Å². The predicted octanol–water partition coefficient (Wildman–Crippen LogP) is 3.89. The van der Waals surface area contributed by atoms with Crippen LogP contribution in [0.5, 0.6) is 0 Å². The molecule has 0 spiro atoms. The van der Waals surface area contributed by atoms with Gasteiger partial charge in [0.2, 0.25) is 0 Å². The minimum Gasteiger partial charge on any atom is -0.303 e. The topological polar surface area (TPSA) is 28.2 Å². The number of likely N-dealkylation sites (tertiary alicyclic amines) is 1. The zero-order valence-corrected chi connectivity index (χ0v) is 13.9. The fourth-order valence-electron chi connectivity index (χ4n) is 3.11. The molecule has 0 radical (unpaired) electrons. The van der Waals surface area contributed by atoms with E-state index in [9.17, 15) is 0 Å². The zero-order valence-electron chi connectivity index (χ0n) is 12.3.